The first-order valence-corrected chi connectivity index (χ1v) is 8.57. The van der Waals surface area contributed by atoms with E-state index >= 15 is 0 Å². The maximum Gasteiger partial charge on any atom is 0.222 e. The molecule has 24 heavy (non-hydrogen) atoms. The van der Waals surface area contributed by atoms with Crippen molar-refractivity contribution in [3.8, 4) is 0 Å². The fourth-order valence-electron chi connectivity index (χ4n) is 3.93. The van der Waals surface area contributed by atoms with E-state index in [-0.39, 0.29) is 24.3 Å². The lowest BCUT2D eigenvalue weighted by Gasteiger charge is -2.40. The molecule has 0 unspecified atom stereocenters. The lowest BCUT2D eigenvalue weighted by Crippen LogP contribution is -2.46. The molecule has 0 bridgehead atoms. The van der Waals surface area contributed by atoms with Crippen LogP contribution in [0.25, 0.3) is 0 Å². The number of carbonyl (C=O) groups excluding carboxylic acids is 1. The highest BCUT2D eigenvalue weighted by Gasteiger charge is 2.40. The van der Waals surface area contributed by atoms with Gasteiger partial charge in [0.25, 0.3) is 0 Å². The summed E-state index contributed by atoms with van der Waals surface area (Å²) in [4.78, 5) is 14.0. The predicted octanol–water partition coefficient (Wildman–Crippen LogP) is 2.15. The number of aliphatic hydroxyl groups is 1. The van der Waals surface area contributed by atoms with Crippen LogP contribution in [0.15, 0.2) is 18.2 Å². The maximum absolute atomic E-state index is 13.9. The van der Waals surface area contributed by atoms with Gasteiger partial charge in [-0.2, -0.15) is 0 Å². The molecule has 2 aliphatic rings. The lowest BCUT2D eigenvalue weighted by molar-refractivity contribution is -0.138. The van der Waals surface area contributed by atoms with E-state index < -0.39 is 17.2 Å². The van der Waals surface area contributed by atoms with Crippen LogP contribution >= 0.6 is 0 Å². The second kappa shape index (κ2) is 6.76. The molecule has 3 rings (SSSR count). The van der Waals surface area contributed by atoms with Crippen molar-refractivity contribution < 1.29 is 18.7 Å². The van der Waals surface area contributed by atoms with Gasteiger partial charge in [0.05, 0.1) is 11.2 Å². The monoisotopic (exact) mass is 338 g/mol. The molecular weight excluding hydrogens is 314 g/mol. The molecule has 3 N–H and O–H groups in total. The van der Waals surface area contributed by atoms with Crippen LogP contribution in [0.1, 0.15) is 37.7 Å². The Kier molecular flexibility index (Phi) is 4.88. The zero-order chi connectivity index (χ0) is 17.3. The van der Waals surface area contributed by atoms with E-state index in [2.05, 4.69) is 0 Å². The van der Waals surface area contributed by atoms with E-state index in [1.807, 2.05) is 0 Å². The van der Waals surface area contributed by atoms with Crippen molar-refractivity contribution in [2.45, 2.75) is 37.7 Å². The number of halogens is 2. The first-order chi connectivity index (χ1) is 11.4. The summed E-state index contributed by atoms with van der Waals surface area (Å²) in [6, 6.07) is 3.58. The summed E-state index contributed by atoms with van der Waals surface area (Å²) in [5.41, 5.74) is 3.77. The summed E-state index contributed by atoms with van der Waals surface area (Å²) in [6.45, 7) is 1.31. The molecule has 2 fully saturated rings. The van der Waals surface area contributed by atoms with E-state index in [1.54, 1.807) is 4.90 Å². The number of nitrogens with zero attached hydrogens (tertiary/aromatic N) is 1. The van der Waals surface area contributed by atoms with E-state index in [4.69, 9.17) is 5.73 Å². The third-order valence-corrected chi connectivity index (χ3v) is 5.50. The topological polar surface area (TPSA) is 66.6 Å². The second-order valence-electron chi connectivity index (χ2n) is 7.15. The smallest absolute Gasteiger partial charge is 0.222 e. The van der Waals surface area contributed by atoms with E-state index in [0.29, 0.717) is 37.9 Å². The normalized spacial score (nSPS) is 26.1. The Labute approximate surface area is 140 Å². The predicted molar refractivity (Wildman–Crippen MR) is 86.0 cm³/mol. The minimum absolute atomic E-state index is 0.0616. The highest BCUT2D eigenvalue weighted by molar-refractivity contribution is 5.76. The van der Waals surface area contributed by atoms with Crippen molar-refractivity contribution in [3.05, 3.63) is 35.4 Å². The Hall–Kier alpha value is -1.53. The van der Waals surface area contributed by atoms with E-state index in [0.717, 1.165) is 25.0 Å². The van der Waals surface area contributed by atoms with Gasteiger partial charge in [0.1, 0.15) is 11.6 Å². The van der Waals surface area contributed by atoms with Crippen molar-refractivity contribution in [1.29, 1.82) is 0 Å². The summed E-state index contributed by atoms with van der Waals surface area (Å²) >= 11 is 0. The highest BCUT2D eigenvalue weighted by Crippen LogP contribution is 2.38. The van der Waals surface area contributed by atoms with Gasteiger partial charge >= 0.3 is 0 Å². The number of nitrogens with two attached hydrogens (primary N) is 1. The van der Waals surface area contributed by atoms with Crippen LogP contribution in [-0.2, 0) is 10.4 Å². The SMILES string of the molecule is NCC1CC(CC(=O)N2CCC(O)(c3c(F)cccc3F)CC2)C1. The molecule has 0 atom stereocenters. The van der Waals surface area contributed by atoms with Crippen LogP contribution in [0.4, 0.5) is 8.78 Å². The van der Waals surface area contributed by atoms with E-state index in [1.165, 1.54) is 6.07 Å². The number of benzene rings is 1. The Balaban J connectivity index is 1.58. The van der Waals surface area contributed by atoms with Crippen LogP contribution in [0, 0.1) is 23.5 Å². The van der Waals surface area contributed by atoms with Crippen molar-refractivity contribution in [3.63, 3.8) is 0 Å². The number of rotatable bonds is 4. The fourth-order valence-corrected chi connectivity index (χ4v) is 3.93. The van der Waals surface area contributed by atoms with Crippen LogP contribution in [0.5, 0.6) is 0 Å². The molecule has 1 heterocycles. The molecule has 6 heteroatoms. The standard InChI is InChI=1S/C18H24F2N2O2/c19-14-2-1-3-15(20)17(14)18(24)4-6-22(7-5-18)16(23)10-12-8-13(9-12)11-21/h1-3,12-13,24H,4-11,21H2. The molecular formula is C18H24F2N2O2. The van der Waals surface area contributed by atoms with E-state index in [9.17, 15) is 18.7 Å². The molecule has 1 aliphatic carbocycles. The van der Waals surface area contributed by atoms with Gasteiger partial charge in [-0.05, 0) is 56.2 Å². The molecule has 1 aliphatic heterocycles. The Morgan fingerprint density at radius 2 is 1.79 bits per heavy atom. The van der Waals surface area contributed by atoms with Gasteiger partial charge in [0.15, 0.2) is 0 Å². The third-order valence-electron chi connectivity index (χ3n) is 5.50. The average Bonchev–Trinajstić information content (AvgIpc) is 2.50. The molecule has 1 aromatic carbocycles. The van der Waals surface area contributed by atoms with Gasteiger partial charge < -0.3 is 15.7 Å². The van der Waals surface area contributed by atoms with Gasteiger partial charge in [0, 0.05) is 19.5 Å². The number of likely N-dealkylation sites (tertiary alicyclic amines) is 1. The van der Waals surface area contributed by atoms with Gasteiger partial charge in [-0.3, -0.25) is 4.79 Å². The van der Waals surface area contributed by atoms with Crippen molar-refractivity contribution >= 4 is 5.91 Å². The molecule has 0 spiro atoms. The van der Waals surface area contributed by atoms with Crippen molar-refractivity contribution in [2.75, 3.05) is 19.6 Å². The quantitative estimate of drug-likeness (QED) is 0.884. The first-order valence-electron chi connectivity index (χ1n) is 8.57. The summed E-state index contributed by atoms with van der Waals surface area (Å²) in [6.07, 6.45) is 2.79. The van der Waals surface area contributed by atoms with Crippen molar-refractivity contribution in [2.24, 2.45) is 17.6 Å². The van der Waals surface area contributed by atoms with Gasteiger partial charge in [-0.25, -0.2) is 8.78 Å². The zero-order valence-corrected chi connectivity index (χ0v) is 13.7. The van der Waals surface area contributed by atoms with Gasteiger partial charge in [-0.15, -0.1) is 0 Å². The van der Waals surface area contributed by atoms with Crippen LogP contribution in [-0.4, -0.2) is 35.5 Å². The van der Waals surface area contributed by atoms with Gasteiger partial charge in [-0.1, -0.05) is 6.07 Å². The second-order valence-corrected chi connectivity index (χ2v) is 7.15. The summed E-state index contributed by atoms with van der Waals surface area (Å²) < 4.78 is 27.9. The number of hydrogen-bond acceptors (Lipinski definition) is 3. The molecule has 4 nitrogen and oxygen atoms in total. The minimum atomic E-state index is -1.55. The number of amides is 1. The Morgan fingerprint density at radius 1 is 1.21 bits per heavy atom. The average molecular weight is 338 g/mol. The highest BCUT2D eigenvalue weighted by atomic mass is 19.1. The summed E-state index contributed by atoms with van der Waals surface area (Å²) in [5.74, 6) is -0.472. The minimum Gasteiger partial charge on any atom is -0.385 e. The largest absolute Gasteiger partial charge is 0.385 e. The summed E-state index contributed by atoms with van der Waals surface area (Å²) in [7, 11) is 0. The van der Waals surface area contributed by atoms with Crippen LogP contribution in [0.2, 0.25) is 0 Å². The molecule has 1 saturated carbocycles. The molecule has 0 radical (unpaired) electrons. The van der Waals surface area contributed by atoms with Crippen LogP contribution in [0.3, 0.4) is 0 Å². The first kappa shape index (κ1) is 17.3. The lowest BCUT2D eigenvalue weighted by atomic mass is 9.73. The number of piperidine rings is 1. The third kappa shape index (κ3) is 3.30. The molecule has 1 aromatic rings. The van der Waals surface area contributed by atoms with Crippen molar-refractivity contribution in [1.82, 2.24) is 4.90 Å². The maximum atomic E-state index is 13.9. The zero-order valence-electron chi connectivity index (χ0n) is 13.7. The molecule has 0 aromatic heterocycles. The summed E-state index contributed by atoms with van der Waals surface area (Å²) in [5, 5.41) is 10.7. The Morgan fingerprint density at radius 3 is 2.33 bits per heavy atom. The number of carbonyl (C=O) groups is 1. The molecule has 1 saturated heterocycles. The van der Waals surface area contributed by atoms with Crippen LogP contribution < -0.4 is 5.73 Å². The molecule has 1 amide bonds. The van der Waals surface area contributed by atoms with Gasteiger partial charge in [0.2, 0.25) is 5.91 Å². The Bertz CT molecular complexity index is 589. The molecule has 132 valence electrons. The fraction of sp³-hybridized carbons (Fsp3) is 0.611. The number of hydrogen-bond donors (Lipinski definition) is 2.